The fourth-order valence-corrected chi connectivity index (χ4v) is 4.88. The number of fused-ring (bicyclic) bond motifs is 1. The summed E-state index contributed by atoms with van der Waals surface area (Å²) in [5.41, 5.74) is 3.12. The van der Waals surface area contributed by atoms with Crippen LogP contribution < -0.4 is 5.56 Å². The molecule has 3 heterocycles. The number of hydrogen-bond acceptors (Lipinski definition) is 5. The molecule has 1 aliphatic rings. The maximum atomic E-state index is 13.3. The molecule has 9 heteroatoms. The van der Waals surface area contributed by atoms with E-state index in [4.69, 9.17) is 16.6 Å². The smallest absolute Gasteiger partial charge is 0.281 e. The van der Waals surface area contributed by atoms with Gasteiger partial charge < -0.3 is 9.88 Å². The van der Waals surface area contributed by atoms with Gasteiger partial charge in [0.25, 0.3) is 11.5 Å². The lowest BCUT2D eigenvalue weighted by atomic mass is 9.86. The van der Waals surface area contributed by atoms with Gasteiger partial charge in [-0.05, 0) is 53.6 Å². The van der Waals surface area contributed by atoms with Gasteiger partial charge in [-0.25, -0.2) is 9.67 Å². The van der Waals surface area contributed by atoms with Gasteiger partial charge in [0.15, 0.2) is 11.2 Å². The minimum atomic E-state index is -0.325. The zero-order valence-corrected chi connectivity index (χ0v) is 21.4. The Morgan fingerprint density at radius 1 is 1.17 bits per heavy atom. The average molecular weight is 505 g/mol. The molecule has 0 saturated carbocycles. The van der Waals surface area contributed by atoms with Gasteiger partial charge in [0, 0.05) is 29.6 Å². The third-order valence-electron chi connectivity index (χ3n) is 6.71. The zero-order valence-electron chi connectivity index (χ0n) is 20.7. The van der Waals surface area contributed by atoms with Gasteiger partial charge >= 0.3 is 0 Å². The fraction of sp³-hybridized carbons (Fsp3) is 0.370. The third-order valence-corrected chi connectivity index (χ3v) is 6.94. The lowest BCUT2D eigenvalue weighted by Gasteiger charge is -2.32. The molecule has 1 unspecified atom stereocenters. The van der Waals surface area contributed by atoms with Gasteiger partial charge in [-0.15, -0.1) is 5.10 Å². The summed E-state index contributed by atoms with van der Waals surface area (Å²) in [5.74, 6) is 0.474. The van der Waals surface area contributed by atoms with Crippen molar-refractivity contribution in [3.8, 4) is 0 Å². The summed E-state index contributed by atoms with van der Waals surface area (Å²) >= 11 is 6.12. The fourth-order valence-electron chi connectivity index (χ4n) is 4.67. The number of carbonyl (C=O) groups excluding carboxylic acids is 1. The van der Waals surface area contributed by atoms with Crippen LogP contribution in [-0.4, -0.2) is 48.9 Å². The molecule has 0 bridgehead atoms. The minimum Gasteiger partial charge on any atom is -0.338 e. The minimum absolute atomic E-state index is 0.00347. The summed E-state index contributed by atoms with van der Waals surface area (Å²) in [6.07, 6.45) is 1.66. The molecule has 1 saturated heterocycles. The molecule has 5 rings (SSSR count). The number of nitrogens with zero attached hydrogens (tertiary/aromatic N) is 5. The standard InChI is InChI=1S/C27H29ClN6O2/c1-27(2,3)20-11-9-18(10-12-20)26(36)33-13-5-7-19(16-33)23-29-24-22(25(35)30-23)31-32-34(24)15-17-6-4-8-21(28)14-17/h4,6,8-12,14,19H,5,7,13,15-16H2,1-3H3,(H,29,30,35). The molecule has 0 spiro atoms. The molecule has 0 aliphatic carbocycles. The first-order valence-electron chi connectivity index (χ1n) is 12.2. The molecule has 2 aromatic carbocycles. The summed E-state index contributed by atoms with van der Waals surface area (Å²) in [7, 11) is 0. The molecule has 1 atom stereocenters. The molecular weight excluding hydrogens is 476 g/mol. The highest BCUT2D eigenvalue weighted by Crippen LogP contribution is 2.27. The van der Waals surface area contributed by atoms with E-state index in [1.54, 1.807) is 10.7 Å². The predicted molar refractivity (Wildman–Crippen MR) is 140 cm³/mol. The Labute approximate surface area is 214 Å². The first kappa shape index (κ1) is 24.2. The molecule has 0 radical (unpaired) electrons. The van der Waals surface area contributed by atoms with E-state index in [1.807, 2.05) is 47.4 Å². The molecule has 4 aromatic rings. The number of aromatic amines is 1. The quantitative estimate of drug-likeness (QED) is 0.440. The first-order chi connectivity index (χ1) is 17.2. The molecule has 2 aromatic heterocycles. The van der Waals surface area contributed by atoms with E-state index in [1.165, 1.54) is 5.56 Å². The van der Waals surface area contributed by atoms with Crippen LogP contribution in [-0.2, 0) is 12.0 Å². The highest BCUT2D eigenvalue weighted by molar-refractivity contribution is 6.30. The molecule has 1 aliphatic heterocycles. The topological polar surface area (TPSA) is 96.8 Å². The van der Waals surface area contributed by atoms with Crippen LogP contribution in [0.25, 0.3) is 11.2 Å². The van der Waals surface area contributed by atoms with E-state index in [0.717, 1.165) is 18.4 Å². The van der Waals surface area contributed by atoms with Gasteiger partial charge in [0.05, 0.1) is 6.54 Å². The number of nitrogens with one attached hydrogen (secondary N) is 1. The number of benzene rings is 2. The number of rotatable bonds is 4. The molecule has 36 heavy (non-hydrogen) atoms. The van der Waals surface area contributed by atoms with Crippen LogP contribution in [0, 0.1) is 0 Å². The van der Waals surface area contributed by atoms with Crippen LogP contribution in [0.5, 0.6) is 0 Å². The zero-order chi connectivity index (χ0) is 25.4. The Kier molecular flexibility index (Phi) is 6.38. The van der Waals surface area contributed by atoms with E-state index >= 15 is 0 Å². The van der Waals surface area contributed by atoms with E-state index in [0.29, 0.717) is 41.7 Å². The summed E-state index contributed by atoms with van der Waals surface area (Å²) in [5, 5.41) is 8.82. The third kappa shape index (κ3) is 4.91. The number of likely N-dealkylation sites (tertiary alicyclic amines) is 1. The van der Waals surface area contributed by atoms with Crippen LogP contribution >= 0.6 is 11.6 Å². The van der Waals surface area contributed by atoms with Gasteiger partial charge in [0.2, 0.25) is 0 Å². The number of H-pyrrole nitrogens is 1. The van der Waals surface area contributed by atoms with Crippen LogP contribution in [0.3, 0.4) is 0 Å². The normalized spacial score (nSPS) is 16.4. The SMILES string of the molecule is CC(C)(C)c1ccc(C(=O)N2CCCC(c3nc4c(nnn4Cc4cccc(Cl)c4)c(=O)[nH]3)C2)cc1. The van der Waals surface area contributed by atoms with Gasteiger partial charge in [-0.2, -0.15) is 0 Å². The van der Waals surface area contributed by atoms with Crippen molar-refractivity contribution in [2.24, 2.45) is 0 Å². The van der Waals surface area contributed by atoms with Crippen molar-refractivity contribution < 1.29 is 4.79 Å². The van der Waals surface area contributed by atoms with Crippen molar-refractivity contribution in [1.82, 2.24) is 29.9 Å². The van der Waals surface area contributed by atoms with Crippen LogP contribution in [0.2, 0.25) is 5.02 Å². The number of amides is 1. The molecular formula is C27H29ClN6O2. The van der Waals surface area contributed by atoms with Crippen LogP contribution in [0.4, 0.5) is 0 Å². The van der Waals surface area contributed by atoms with Crippen molar-refractivity contribution in [3.05, 3.63) is 86.4 Å². The van der Waals surface area contributed by atoms with Crippen LogP contribution in [0.15, 0.2) is 53.3 Å². The maximum Gasteiger partial charge on any atom is 0.281 e. The van der Waals surface area contributed by atoms with Crippen molar-refractivity contribution in [3.63, 3.8) is 0 Å². The second-order valence-electron chi connectivity index (χ2n) is 10.4. The highest BCUT2D eigenvalue weighted by Gasteiger charge is 2.28. The maximum absolute atomic E-state index is 13.3. The van der Waals surface area contributed by atoms with E-state index in [9.17, 15) is 9.59 Å². The van der Waals surface area contributed by atoms with Gasteiger partial charge in [-0.1, -0.05) is 61.9 Å². The second kappa shape index (κ2) is 9.50. The lowest BCUT2D eigenvalue weighted by Crippen LogP contribution is -2.40. The summed E-state index contributed by atoms with van der Waals surface area (Å²) in [6.45, 7) is 8.02. The number of piperidine rings is 1. The number of aromatic nitrogens is 5. The first-order valence-corrected chi connectivity index (χ1v) is 12.5. The summed E-state index contributed by atoms with van der Waals surface area (Å²) in [4.78, 5) is 35.6. The van der Waals surface area contributed by atoms with Crippen LogP contribution in [0.1, 0.15) is 66.8 Å². The molecule has 186 valence electrons. The summed E-state index contributed by atoms with van der Waals surface area (Å²) < 4.78 is 1.61. The molecule has 1 amide bonds. The number of hydrogen-bond donors (Lipinski definition) is 1. The van der Waals surface area contributed by atoms with Crippen molar-refractivity contribution in [1.29, 1.82) is 0 Å². The largest absolute Gasteiger partial charge is 0.338 e. The second-order valence-corrected chi connectivity index (χ2v) is 10.9. The van der Waals surface area contributed by atoms with Gasteiger partial charge in [0.1, 0.15) is 5.82 Å². The Balaban J connectivity index is 1.38. The molecule has 1 fully saturated rings. The molecule has 1 N–H and O–H groups in total. The monoisotopic (exact) mass is 504 g/mol. The van der Waals surface area contributed by atoms with Crippen molar-refractivity contribution in [2.45, 2.75) is 51.5 Å². The van der Waals surface area contributed by atoms with Crippen molar-refractivity contribution >= 4 is 28.7 Å². The number of halogens is 1. The van der Waals surface area contributed by atoms with E-state index in [2.05, 4.69) is 36.1 Å². The van der Waals surface area contributed by atoms with E-state index < -0.39 is 0 Å². The predicted octanol–water partition coefficient (Wildman–Crippen LogP) is 4.53. The Hall–Kier alpha value is -3.52. The Morgan fingerprint density at radius 3 is 2.67 bits per heavy atom. The average Bonchev–Trinajstić information content (AvgIpc) is 3.26. The lowest BCUT2D eigenvalue weighted by molar-refractivity contribution is 0.0704. The number of carbonyl (C=O) groups is 1. The Morgan fingerprint density at radius 2 is 1.94 bits per heavy atom. The molecule has 8 nitrogen and oxygen atoms in total. The summed E-state index contributed by atoms with van der Waals surface area (Å²) in [6, 6.07) is 15.3. The van der Waals surface area contributed by atoms with Gasteiger partial charge in [-0.3, -0.25) is 9.59 Å². The van der Waals surface area contributed by atoms with Crippen molar-refractivity contribution in [2.75, 3.05) is 13.1 Å². The Bertz CT molecular complexity index is 1470. The highest BCUT2D eigenvalue weighted by atomic mass is 35.5. The van der Waals surface area contributed by atoms with E-state index in [-0.39, 0.29) is 28.3 Å².